The summed E-state index contributed by atoms with van der Waals surface area (Å²) in [7, 11) is 0. The Morgan fingerprint density at radius 2 is 0.931 bits per heavy atom. The smallest absolute Gasteiger partial charge is 0.160 e. The summed E-state index contributed by atoms with van der Waals surface area (Å²) in [4.78, 5) is 10.5. The molecule has 2 heterocycles. The molecular weight excluding hydrogens is 721 g/mol. The maximum atomic E-state index is 5.31. The first kappa shape index (κ1) is 33.0. The summed E-state index contributed by atoms with van der Waals surface area (Å²) in [5, 5.41) is 6.15. The molecule has 12 rings (SSSR count). The van der Waals surface area contributed by atoms with E-state index in [-0.39, 0.29) is 0 Å². The van der Waals surface area contributed by atoms with Gasteiger partial charge in [-0.15, -0.1) is 11.3 Å². The Kier molecular flexibility index (Phi) is 7.35. The number of para-hydroxylation sites is 1. The highest BCUT2D eigenvalue weighted by molar-refractivity contribution is 7.25. The number of rotatable bonds is 5. The molecule has 0 saturated carbocycles. The zero-order chi connectivity index (χ0) is 38.2. The minimum absolute atomic E-state index is 0.503. The third kappa shape index (κ3) is 4.90. The van der Waals surface area contributed by atoms with Crippen molar-refractivity contribution >= 4 is 53.2 Å². The lowest BCUT2D eigenvalue weighted by Gasteiger charge is -2.34. The molecule has 0 bridgehead atoms. The van der Waals surface area contributed by atoms with Gasteiger partial charge in [-0.3, -0.25) is 0 Å². The molecule has 0 radical (unpaired) electrons. The van der Waals surface area contributed by atoms with E-state index in [0.29, 0.717) is 5.82 Å². The summed E-state index contributed by atoms with van der Waals surface area (Å²) < 4.78 is 2.62. The fraction of sp³-hybridized carbons (Fsp3) is 0.0182. The van der Waals surface area contributed by atoms with Crippen LogP contribution in [0.3, 0.4) is 0 Å². The highest BCUT2D eigenvalue weighted by Gasteiger charge is 2.46. The topological polar surface area (TPSA) is 25.8 Å². The van der Waals surface area contributed by atoms with Gasteiger partial charge in [-0.05, 0) is 73.5 Å². The average molecular weight is 755 g/mol. The zero-order valence-corrected chi connectivity index (χ0v) is 32.2. The van der Waals surface area contributed by atoms with E-state index in [4.69, 9.17) is 9.97 Å². The number of aromatic nitrogens is 2. The Labute approximate surface area is 340 Å². The number of hydrogen-bond donors (Lipinski definition) is 0. The molecule has 0 fully saturated rings. The molecule has 58 heavy (non-hydrogen) atoms. The van der Waals surface area contributed by atoms with Crippen molar-refractivity contribution < 1.29 is 0 Å². The van der Waals surface area contributed by atoms with Crippen LogP contribution in [0, 0.1) is 0 Å². The van der Waals surface area contributed by atoms with Gasteiger partial charge in [-0.25, -0.2) is 9.97 Å². The van der Waals surface area contributed by atoms with Crippen LogP contribution in [-0.2, 0) is 5.41 Å². The van der Waals surface area contributed by atoms with Gasteiger partial charge in [0, 0.05) is 36.7 Å². The molecule has 0 spiro atoms. The quantitative estimate of drug-likeness (QED) is 0.175. The van der Waals surface area contributed by atoms with Crippen LogP contribution in [0.5, 0.6) is 0 Å². The van der Waals surface area contributed by atoms with E-state index < -0.39 is 5.41 Å². The maximum Gasteiger partial charge on any atom is 0.160 e. The molecule has 0 unspecified atom stereocenters. The van der Waals surface area contributed by atoms with Crippen molar-refractivity contribution in [3.63, 3.8) is 0 Å². The number of thiophene rings is 1. The zero-order valence-electron chi connectivity index (χ0n) is 31.4. The first-order valence-corrected chi connectivity index (χ1v) is 20.6. The molecule has 2 aromatic heterocycles. The molecule has 2 nitrogen and oxygen atoms in total. The second-order valence-corrected chi connectivity index (χ2v) is 16.3. The lowest BCUT2D eigenvalue weighted by Crippen LogP contribution is -2.28. The maximum absolute atomic E-state index is 5.31. The molecule has 0 atom stereocenters. The highest BCUT2D eigenvalue weighted by atomic mass is 32.1. The first-order valence-electron chi connectivity index (χ1n) is 19.8. The minimum Gasteiger partial charge on any atom is -0.228 e. The first-order chi connectivity index (χ1) is 28.7. The van der Waals surface area contributed by atoms with Crippen LogP contribution in [-0.4, -0.2) is 9.97 Å². The normalized spacial score (nSPS) is 13.0. The van der Waals surface area contributed by atoms with E-state index in [1.807, 2.05) is 11.3 Å². The lowest BCUT2D eigenvalue weighted by molar-refractivity contribution is 0.770. The van der Waals surface area contributed by atoms with Crippen LogP contribution >= 0.6 is 11.3 Å². The summed E-state index contributed by atoms with van der Waals surface area (Å²) >= 11 is 1.87. The predicted molar refractivity (Wildman–Crippen MR) is 244 cm³/mol. The van der Waals surface area contributed by atoms with E-state index >= 15 is 0 Å². The number of nitrogens with zero attached hydrogens (tertiary/aromatic N) is 2. The summed E-state index contributed by atoms with van der Waals surface area (Å²) in [5.74, 6) is 0.714. The van der Waals surface area contributed by atoms with Crippen LogP contribution in [0.2, 0.25) is 0 Å². The Balaban J connectivity index is 0.999. The third-order valence-electron chi connectivity index (χ3n) is 12.2. The van der Waals surface area contributed by atoms with Gasteiger partial charge in [0.05, 0.1) is 16.6 Å². The Hall–Kier alpha value is -7.20. The molecule has 0 amide bonds. The van der Waals surface area contributed by atoms with E-state index in [9.17, 15) is 0 Å². The second-order valence-electron chi connectivity index (χ2n) is 15.2. The van der Waals surface area contributed by atoms with E-state index in [1.54, 1.807) is 0 Å². The molecule has 270 valence electrons. The van der Waals surface area contributed by atoms with Crippen molar-refractivity contribution in [1.82, 2.24) is 9.97 Å². The third-order valence-corrected chi connectivity index (χ3v) is 13.3. The van der Waals surface area contributed by atoms with E-state index in [2.05, 4.69) is 206 Å². The summed E-state index contributed by atoms with van der Waals surface area (Å²) in [6.07, 6.45) is 0. The fourth-order valence-corrected chi connectivity index (χ4v) is 10.7. The monoisotopic (exact) mass is 754 g/mol. The molecular formula is C55H34N2S. The lowest BCUT2D eigenvalue weighted by atomic mass is 9.67. The van der Waals surface area contributed by atoms with Crippen molar-refractivity contribution in [2.45, 2.75) is 5.41 Å². The summed E-state index contributed by atoms with van der Waals surface area (Å²) in [6, 6.07) is 75.1. The minimum atomic E-state index is -0.503. The van der Waals surface area contributed by atoms with Crippen LogP contribution in [0.15, 0.2) is 206 Å². The second kappa shape index (κ2) is 12.9. The molecule has 1 aliphatic carbocycles. The molecule has 1 aliphatic rings. The summed E-state index contributed by atoms with van der Waals surface area (Å²) in [5.41, 5.74) is 13.5. The van der Waals surface area contributed by atoms with Crippen LogP contribution < -0.4 is 0 Å². The van der Waals surface area contributed by atoms with Gasteiger partial charge in [0.15, 0.2) is 5.82 Å². The Morgan fingerprint density at radius 1 is 0.362 bits per heavy atom. The van der Waals surface area contributed by atoms with E-state index in [0.717, 1.165) is 27.7 Å². The van der Waals surface area contributed by atoms with Gasteiger partial charge in [0.2, 0.25) is 0 Å². The van der Waals surface area contributed by atoms with Crippen molar-refractivity contribution in [3.05, 3.63) is 229 Å². The van der Waals surface area contributed by atoms with Crippen molar-refractivity contribution in [2.75, 3.05) is 0 Å². The van der Waals surface area contributed by atoms with Gasteiger partial charge in [-0.2, -0.15) is 0 Å². The van der Waals surface area contributed by atoms with Gasteiger partial charge >= 0.3 is 0 Å². The van der Waals surface area contributed by atoms with Gasteiger partial charge in [0.25, 0.3) is 0 Å². The largest absolute Gasteiger partial charge is 0.228 e. The number of benzene rings is 9. The van der Waals surface area contributed by atoms with Gasteiger partial charge in [-0.1, -0.05) is 188 Å². The number of hydrogen-bond acceptors (Lipinski definition) is 3. The molecule has 0 aliphatic heterocycles. The number of fused-ring (bicyclic) bond motifs is 8. The van der Waals surface area contributed by atoms with Crippen molar-refractivity contribution in [3.8, 4) is 44.9 Å². The van der Waals surface area contributed by atoms with Gasteiger partial charge in [0.1, 0.15) is 0 Å². The SMILES string of the molecule is c1ccc2c(c1)-c1ccccc1C2(c1ccc(-c2nc(-c3ccc(-c4cccc5ccccc45)cc3)c3ccccc3n2)cc1)c1ccc2c(c1)sc1ccccc12. The molecule has 0 saturated heterocycles. The molecule has 0 N–H and O–H groups in total. The average Bonchev–Trinajstić information content (AvgIpc) is 3.82. The standard InChI is InChI=1S/C55H34N2S/c1-2-14-41-35(12-1)13-11-19-42(41)36-24-26-37(27-25-36)53-47-18-5-9-22-50(47)56-54(57-53)38-28-30-39(31-29-38)55(48-20-7-3-15-43(48)44-16-4-8-21-49(44)55)40-32-33-46-45-17-6-10-23-51(45)58-52(46)34-40/h1-34H. The molecule has 11 aromatic rings. The molecule has 3 heteroatoms. The van der Waals surface area contributed by atoms with Crippen molar-refractivity contribution in [1.29, 1.82) is 0 Å². The predicted octanol–water partition coefficient (Wildman–Crippen LogP) is 14.5. The highest BCUT2D eigenvalue weighted by Crippen LogP contribution is 2.56. The van der Waals surface area contributed by atoms with Crippen LogP contribution in [0.1, 0.15) is 22.3 Å². The Bertz CT molecular complexity index is 3340. The van der Waals surface area contributed by atoms with Crippen LogP contribution in [0.4, 0.5) is 0 Å². The van der Waals surface area contributed by atoms with Crippen LogP contribution in [0.25, 0.3) is 86.7 Å². The Morgan fingerprint density at radius 3 is 1.72 bits per heavy atom. The van der Waals surface area contributed by atoms with Gasteiger partial charge < -0.3 is 0 Å². The molecule has 9 aromatic carbocycles. The summed E-state index contributed by atoms with van der Waals surface area (Å²) in [6.45, 7) is 0. The van der Waals surface area contributed by atoms with Crippen molar-refractivity contribution in [2.24, 2.45) is 0 Å². The van der Waals surface area contributed by atoms with E-state index in [1.165, 1.54) is 75.5 Å². The fourth-order valence-electron chi connectivity index (χ4n) is 9.56.